The summed E-state index contributed by atoms with van der Waals surface area (Å²) in [6, 6.07) is 16.6. The summed E-state index contributed by atoms with van der Waals surface area (Å²) in [6.07, 6.45) is 0. The molecule has 0 spiro atoms. The Morgan fingerprint density at radius 1 is 1.11 bits per heavy atom. The zero-order valence-corrected chi connectivity index (χ0v) is 20.0. The van der Waals surface area contributed by atoms with Crippen LogP contribution in [0.5, 0.6) is 0 Å². The Labute approximate surface area is 214 Å². The number of aliphatic imine (C=N–C) groups is 1. The van der Waals surface area contributed by atoms with E-state index in [-0.39, 0.29) is 28.8 Å². The number of aromatic nitrogens is 1. The van der Waals surface area contributed by atoms with Gasteiger partial charge in [0.25, 0.3) is 5.91 Å². The van der Waals surface area contributed by atoms with Gasteiger partial charge < -0.3 is 20.2 Å². The Balaban J connectivity index is 1.50. The summed E-state index contributed by atoms with van der Waals surface area (Å²) in [5.74, 6) is -2.46. The number of halogens is 2. The van der Waals surface area contributed by atoms with Crippen LogP contribution in [-0.4, -0.2) is 27.9 Å². The van der Waals surface area contributed by atoms with E-state index in [1.165, 1.54) is 0 Å². The number of carboxylic acids is 1. The van der Waals surface area contributed by atoms with Gasteiger partial charge in [-0.1, -0.05) is 41.9 Å². The predicted molar refractivity (Wildman–Crippen MR) is 137 cm³/mol. The summed E-state index contributed by atoms with van der Waals surface area (Å²) in [5, 5.41) is 18.1. The average molecular weight is 520 g/mol. The van der Waals surface area contributed by atoms with Crippen molar-refractivity contribution in [1.29, 1.82) is 0 Å². The number of aromatic carboxylic acids is 1. The number of rotatable bonds is 5. The molecule has 0 radical (unpaired) electrons. The van der Waals surface area contributed by atoms with Crippen molar-refractivity contribution in [2.45, 2.75) is 13.0 Å². The Kier molecular flexibility index (Phi) is 6.33. The van der Waals surface area contributed by atoms with Gasteiger partial charge >= 0.3 is 12.0 Å². The highest BCUT2D eigenvalue weighted by atomic mass is 35.5. The predicted octanol–water partition coefficient (Wildman–Crippen LogP) is 5.34. The highest BCUT2D eigenvalue weighted by Crippen LogP contribution is 2.35. The quantitative estimate of drug-likeness (QED) is 0.280. The van der Waals surface area contributed by atoms with E-state index in [9.17, 15) is 19.1 Å². The molecule has 0 bridgehead atoms. The molecular formula is C26H19ClFN5O4. The maximum Gasteiger partial charge on any atom is 0.335 e. The van der Waals surface area contributed by atoms with Crippen LogP contribution >= 0.6 is 11.6 Å². The van der Waals surface area contributed by atoms with Crippen LogP contribution in [0, 0.1) is 5.82 Å². The molecule has 0 saturated heterocycles. The van der Waals surface area contributed by atoms with Crippen molar-refractivity contribution in [2.24, 2.45) is 4.99 Å². The minimum absolute atomic E-state index is 0.163. The Bertz CT molecular complexity index is 1580. The molecule has 5 rings (SSSR count). The number of nitrogens with one attached hydrogen (secondary N) is 3. The van der Waals surface area contributed by atoms with E-state index < -0.39 is 23.7 Å². The van der Waals surface area contributed by atoms with Crippen LogP contribution in [-0.2, 0) is 4.79 Å². The van der Waals surface area contributed by atoms with E-state index in [2.05, 4.69) is 25.9 Å². The lowest BCUT2D eigenvalue weighted by atomic mass is 9.95. The maximum absolute atomic E-state index is 14.4. The minimum Gasteiger partial charge on any atom is -0.478 e. The molecule has 186 valence electrons. The Morgan fingerprint density at radius 2 is 1.86 bits per heavy atom. The molecule has 0 aliphatic carbocycles. The van der Waals surface area contributed by atoms with Crippen LogP contribution in [0.1, 0.15) is 28.9 Å². The number of carboxylic acid groups (broad SMARTS) is 1. The number of allylic oxidation sites excluding steroid dienone is 1. The van der Waals surface area contributed by atoms with Crippen molar-refractivity contribution in [3.05, 3.63) is 100.0 Å². The summed E-state index contributed by atoms with van der Waals surface area (Å²) in [4.78, 5) is 33.7. The van der Waals surface area contributed by atoms with E-state index in [1.54, 1.807) is 43.3 Å². The molecule has 37 heavy (non-hydrogen) atoms. The van der Waals surface area contributed by atoms with Gasteiger partial charge in [0.2, 0.25) is 5.96 Å². The van der Waals surface area contributed by atoms with Crippen molar-refractivity contribution in [2.75, 3.05) is 10.6 Å². The van der Waals surface area contributed by atoms with Crippen molar-refractivity contribution in [3.8, 4) is 0 Å². The number of anilines is 2. The highest BCUT2D eigenvalue weighted by molar-refractivity contribution is 6.31. The van der Waals surface area contributed by atoms with Gasteiger partial charge in [0.05, 0.1) is 16.8 Å². The number of benzene rings is 3. The molecule has 3 aromatic carbocycles. The lowest BCUT2D eigenvalue weighted by Gasteiger charge is -2.27. The largest absolute Gasteiger partial charge is 0.478 e. The first kappa shape index (κ1) is 24.0. The molecule has 0 fully saturated rings. The minimum atomic E-state index is -1.25. The summed E-state index contributed by atoms with van der Waals surface area (Å²) in [7, 11) is 0. The van der Waals surface area contributed by atoms with Crippen LogP contribution in [0.25, 0.3) is 11.1 Å². The van der Waals surface area contributed by atoms with Gasteiger partial charge in [-0.3, -0.25) is 10.1 Å². The second-order valence-corrected chi connectivity index (χ2v) is 8.54. The van der Waals surface area contributed by atoms with E-state index in [0.29, 0.717) is 27.4 Å². The van der Waals surface area contributed by atoms with Crippen molar-refractivity contribution < 1.29 is 23.5 Å². The lowest BCUT2D eigenvalue weighted by Crippen LogP contribution is -2.37. The van der Waals surface area contributed by atoms with Crippen LogP contribution in [0.3, 0.4) is 0 Å². The van der Waals surface area contributed by atoms with Crippen molar-refractivity contribution >= 4 is 52.2 Å². The first-order valence-electron chi connectivity index (χ1n) is 11.1. The van der Waals surface area contributed by atoms with E-state index in [1.807, 2.05) is 12.1 Å². The first-order chi connectivity index (χ1) is 17.8. The number of hydrogen-bond acceptors (Lipinski definition) is 7. The van der Waals surface area contributed by atoms with Crippen LogP contribution in [0.15, 0.2) is 87.4 Å². The van der Waals surface area contributed by atoms with Crippen LogP contribution in [0.2, 0.25) is 5.02 Å². The van der Waals surface area contributed by atoms with E-state index in [4.69, 9.17) is 16.0 Å². The molecular weight excluding hydrogens is 501 g/mol. The number of fused-ring (bicyclic) bond motifs is 1. The summed E-state index contributed by atoms with van der Waals surface area (Å²) in [5.41, 5.74) is 1.90. The number of nitrogens with zero attached hydrogens (tertiary/aromatic N) is 2. The van der Waals surface area contributed by atoms with Gasteiger partial charge in [0, 0.05) is 16.3 Å². The number of amides is 1. The Morgan fingerprint density at radius 3 is 2.62 bits per heavy atom. The second-order valence-electron chi connectivity index (χ2n) is 8.13. The molecule has 1 atom stereocenters. The molecule has 1 aromatic heterocycles. The second kappa shape index (κ2) is 9.75. The molecule has 1 unspecified atom stereocenters. The fourth-order valence-corrected chi connectivity index (χ4v) is 4.17. The fourth-order valence-electron chi connectivity index (χ4n) is 3.93. The number of hydrogen-bond donors (Lipinski definition) is 4. The zero-order valence-electron chi connectivity index (χ0n) is 19.3. The molecule has 0 saturated carbocycles. The number of carbonyl (C=O) groups is 2. The summed E-state index contributed by atoms with van der Waals surface area (Å²) >= 11 is 6.46. The number of carbonyl (C=O) groups excluding carboxylic acids is 1. The topological polar surface area (TPSA) is 129 Å². The first-order valence-corrected chi connectivity index (χ1v) is 11.4. The summed E-state index contributed by atoms with van der Waals surface area (Å²) in [6.45, 7) is 1.66. The number of oxazole rings is 1. The maximum atomic E-state index is 14.4. The molecule has 1 aliphatic rings. The van der Waals surface area contributed by atoms with E-state index in [0.717, 1.165) is 18.2 Å². The molecule has 9 nitrogen and oxygen atoms in total. The lowest BCUT2D eigenvalue weighted by molar-refractivity contribution is -0.113. The van der Waals surface area contributed by atoms with Crippen LogP contribution < -0.4 is 16.0 Å². The highest BCUT2D eigenvalue weighted by Gasteiger charge is 2.31. The third kappa shape index (κ3) is 4.87. The third-order valence-corrected chi connectivity index (χ3v) is 6.01. The van der Waals surface area contributed by atoms with Gasteiger partial charge in [-0.15, -0.1) is 0 Å². The Hall–Kier alpha value is -4.70. The zero-order chi connectivity index (χ0) is 26.1. The van der Waals surface area contributed by atoms with Crippen LogP contribution in [0.4, 0.5) is 16.1 Å². The molecule has 4 aromatic rings. The smallest absolute Gasteiger partial charge is 0.335 e. The van der Waals surface area contributed by atoms with Gasteiger partial charge in [0.1, 0.15) is 17.4 Å². The van der Waals surface area contributed by atoms with Gasteiger partial charge in [-0.25, -0.2) is 14.2 Å². The number of para-hydroxylation sites is 2. The van der Waals surface area contributed by atoms with Gasteiger partial charge in [0.15, 0.2) is 5.58 Å². The standard InChI is InChI=1S/C26H19ClFN5O4/c1-13-21(23(34)30-19-12-14(24(35)36)10-11-17(19)28)22(15-6-2-3-7-16(15)27)32-25(29-13)33-26-31-18-8-4-5-9-20(18)37-26/h2-12,22H,1H3,(H,30,34)(H,35,36)(H2,29,31,32,33). The SMILES string of the molecule is CC1=C(C(=O)Nc2cc(C(=O)O)ccc2F)C(c2ccccc2Cl)N=C(Nc2nc3ccccc3o2)N1. The molecule has 2 heterocycles. The number of guanidine groups is 1. The average Bonchev–Trinajstić information content (AvgIpc) is 3.27. The van der Waals surface area contributed by atoms with E-state index >= 15 is 0 Å². The monoisotopic (exact) mass is 519 g/mol. The molecule has 1 amide bonds. The van der Waals surface area contributed by atoms with Gasteiger partial charge in [-0.05, 0) is 43.3 Å². The van der Waals surface area contributed by atoms with Gasteiger partial charge in [-0.2, -0.15) is 4.98 Å². The normalized spacial score (nSPS) is 15.2. The van der Waals surface area contributed by atoms with Crippen molar-refractivity contribution in [1.82, 2.24) is 10.3 Å². The van der Waals surface area contributed by atoms with Crippen molar-refractivity contribution in [3.63, 3.8) is 0 Å². The molecule has 11 heteroatoms. The fraction of sp³-hybridized carbons (Fsp3) is 0.0769. The molecule has 4 N–H and O–H groups in total. The third-order valence-electron chi connectivity index (χ3n) is 5.67. The molecule has 1 aliphatic heterocycles. The summed E-state index contributed by atoms with van der Waals surface area (Å²) < 4.78 is 20.1.